The molecule has 0 radical (unpaired) electrons. The van der Waals surface area contributed by atoms with Gasteiger partial charge in [-0.1, -0.05) is 42.5 Å². The van der Waals surface area contributed by atoms with E-state index in [4.69, 9.17) is 0 Å². The van der Waals surface area contributed by atoms with Crippen molar-refractivity contribution in [1.82, 2.24) is 0 Å². The molecule has 0 aromatic heterocycles. The van der Waals surface area contributed by atoms with Crippen molar-refractivity contribution in [2.24, 2.45) is 0 Å². The average molecular weight is 262 g/mol. The molecule has 0 saturated heterocycles. The van der Waals surface area contributed by atoms with Gasteiger partial charge in [0, 0.05) is 0 Å². The highest BCUT2D eigenvalue weighted by Gasteiger charge is 2.36. The zero-order chi connectivity index (χ0) is 13.9. The smallest absolute Gasteiger partial charge is 0.381 e. The molecule has 98 valence electrons. The number of halogens is 2. The van der Waals surface area contributed by atoms with Gasteiger partial charge in [-0.3, -0.25) is 0 Å². The zero-order valence-electron chi connectivity index (χ0n) is 10.3. The van der Waals surface area contributed by atoms with Gasteiger partial charge in [0.05, 0.1) is 7.11 Å². The Bertz CT molecular complexity index is 633. The fourth-order valence-corrected chi connectivity index (χ4v) is 1.72. The van der Waals surface area contributed by atoms with Crippen LogP contribution in [0.25, 0.3) is 16.8 Å². The van der Waals surface area contributed by atoms with E-state index in [1.807, 2.05) is 30.3 Å². The molecule has 0 amide bonds. The molecule has 0 unspecified atom stereocenters. The highest BCUT2D eigenvalue weighted by Crippen LogP contribution is 2.21. The molecule has 0 saturated carbocycles. The van der Waals surface area contributed by atoms with Crippen LogP contribution < -0.4 is 0 Å². The lowest BCUT2D eigenvalue weighted by atomic mass is 10.1. The molecule has 0 fully saturated rings. The van der Waals surface area contributed by atoms with Gasteiger partial charge < -0.3 is 4.74 Å². The summed E-state index contributed by atoms with van der Waals surface area (Å²) in [6.45, 7) is 0. The molecule has 0 spiro atoms. The molecule has 0 aliphatic heterocycles. The maximum Gasteiger partial charge on any atom is 0.381 e. The quantitative estimate of drug-likeness (QED) is 0.789. The van der Waals surface area contributed by atoms with Crippen LogP contribution >= 0.6 is 0 Å². The van der Waals surface area contributed by atoms with Gasteiger partial charge in [-0.05, 0) is 28.5 Å². The van der Waals surface area contributed by atoms with Crippen LogP contribution in [0.4, 0.5) is 8.78 Å². The standard InChI is InChI=1S/C15H12F2O2/c1-19-14(18)15(16,17)9-8-11-6-7-12-4-2-3-5-13(12)10-11/h2-10H,1H3/b9-8+. The topological polar surface area (TPSA) is 26.3 Å². The third-order valence-electron chi connectivity index (χ3n) is 2.72. The first-order valence-corrected chi connectivity index (χ1v) is 5.67. The monoisotopic (exact) mass is 262 g/mol. The lowest BCUT2D eigenvalue weighted by molar-refractivity contribution is -0.161. The van der Waals surface area contributed by atoms with E-state index in [2.05, 4.69) is 4.74 Å². The first-order chi connectivity index (χ1) is 9.03. The minimum absolute atomic E-state index is 0.545. The highest BCUT2D eigenvalue weighted by molar-refractivity contribution is 5.85. The Morgan fingerprint density at radius 1 is 1.16 bits per heavy atom. The first-order valence-electron chi connectivity index (χ1n) is 5.67. The van der Waals surface area contributed by atoms with E-state index in [9.17, 15) is 13.6 Å². The third-order valence-corrected chi connectivity index (χ3v) is 2.72. The molecule has 0 aliphatic rings. The number of hydrogen-bond donors (Lipinski definition) is 0. The highest BCUT2D eigenvalue weighted by atomic mass is 19.3. The fourth-order valence-electron chi connectivity index (χ4n) is 1.72. The minimum atomic E-state index is -3.61. The van der Waals surface area contributed by atoms with Crippen molar-refractivity contribution in [2.45, 2.75) is 5.92 Å². The van der Waals surface area contributed by atoms with E-state index in [-0.39, 0.29) is 0 Å². The summed E-state index contributed by atoms with van der Waals surface area (Å²) in [5.41, 5.74) is 0.599. The number of rotatable bonds is 3. The zero-order valence-corrected chi connectivity index (χ0v) is 10.3. The van der Waals surface area contributed by atoms with Gasteiger partial charge in [0.15, 0.2) is 0 Å². The van der Waals surface area contributed by atoms with Crippen LogP contribution in [0.15, 0.2) is 48.5 Å². The number of hydrogen-bond acceptors (Lipinski definition) is 2. The van der Waals surface area contributed by atoms with E-state index in [1.54, 1.807) is 12.1 Å². The van der Waals surface area contributed by atoms with E-state index in [0.29, 0.717) is 11.6 Å². The minimum Gasteiger partial charge on any atom is -0.464 e. The summed E-state index contributed by atoms with van der Waals surface area (Å²) >= 11 is 0. The molecular weight excluding hydrogens is 250 g/mol. The number of carbonyl (C=O) groups excluding carboxylic acids is 1. The molecule has 2 nitrogen and oxygen atoms in total. The second-order valence-electron chi connectivity index (χ2n) is 4.05. The summed E-state index contributed by atoms with van der Waals surface area (Å²) < 4.78 is 30.5. The summed E-state index contributed by atoms with van der Waals surface area (Å²) in [7, 11) is 0.931. The molecule has 0 bridgehead atoms. The van der Waals surface area contributed by atoms with Crippen LogP contribution in [0.5, 0.6) is 0 Å². The van der Waals surface area contributed by atoms with Gasteiger partial charge in [0.1, 0.15) is 0 Å². The van der Waals surface area contributed by atoms with Gasteiger partial charge in [-0.2, -0.15) is 8.78 Å². The number of carbonyl (C=O) groups is 1. The summed E-state index contributed by atoms with van der Waals surface area (Å²) in [5.74, 6) is -5.18. The van der Waals surface area contributed by atoms with Crippen molar-refractivity contribution in [3.8, 4) is 0 Å². The van der Waals surface area contributed by atoms with Gasteiger partial charge in [0.25, 0.3) is 0 Å². The summed E-state index contributed by atoms with van der Waals surface area (Å²) in [6, 6.07) is 12.9. The third kappa shape index (κ3) is 2.96. The molecular formula is C15H12F2O2. The van der Waals surface area contributed by atoms with Crippen LogP contribution in [0.3, 0.4) is 0 Å². The predicted molar refractivity (Wildman–Crippen MR) is 69.9 cm³/mol. The Kier molecular flexibility index (Phi) is 3.60. The summed E-state index contributed by atoms with van der Waals surface area (Å²) in [5, 5.41) is 1.98. The van der Waals surface area contributed by atoms with Gasteiger partial charge >= 0.3 is 11.9 Å². The van der Waals surface area contributed by atoms with Crippen LogP contribution in [0, 0.1) is 0 Å². The van der Waals surface area contributed by atoms with Gasteiger partial charge in [0.2, 0.25) is 0 Å². The largest absolute Gasteiger partial charge is 0.464 e. The van der Waals surface area contributed by atoms with Crippen molar-refractivity contribution in [3.05, 3.63) is 54.1 Å². The number of benzene rings is 2. The lowest BCUT2D eigenvalue weighted by Gasteiger charge is -2.08. The summed E-state index contributed by atoms with van der Waals surface area (Å²) in [4.78, 5) is 10.8. The molecule has 0 heterocycles. The van der Waals surface area contributed by atoms with Gasteiger partial charge in [-0.25, -0.2) is 4.79 Å². The van der Waals surface area contributed by atoms with Gasteiger partial charge in [-0.15, -0.1) is 0 Å². The van der Waals surface area contributed by atoms with E-state index < -0.39 is 11.9 Å². The SMILES string of the molecule is COC(=O)C(F)(F)/C=C/c1ccc2ccccc2c1. The van der Waals surface area contributed by atoms with Crippen molar-refractivity contribution in [2.75, 3.05) is 7.11 Å². The first kappa shape index (κ1) is 13.2. The van der Waals surface area contributed by atoms with E-state index in [1.165, 1.54) is 6.08 Å². The van der Waals surface area contributed by atoms with E-state index in [0.717, 1.165) is 17.9 Å². The molecule has 4 heteroatoms. The number of esters is 1. The number of ether oxygens (including phenoxy) is 1. The van der Waals surface area contributed by atoms with Crippen LogP contribution in [-0.4, -0.2) is 19.0 Å². The maximum atomic E-state index is 13.3. The Balaban J connectivity index is 2.28. The van der Waals surface area contributed by atoms with E-state index >= 15 is 0 Å². The second kappa shape index (κ2) is 5.18. The Morgan fingerprint density at radius 2 is 1.84 bits per heavy atom. The second-order valence-corrected chi connectivity index (χ2v) is 4.05. The number of methoxy groups -OCH3 is 1. The van der Waals surface area contributed by atoms with Crippen molar-refractivity contribution in [1.29, 1.82) is 0 Å². The van der Waals surface area contributed by atoms with Crippen molar-refractivity contribution in [3.63, 3.8) is 0 Å². The number of fused-ring (bicyclic) bond motifs is 1. The van der Waals surface area contributed by atoms with Crippen molar-refractivity contribution >= 4 is 22.8 Å². The molecule has 2 aromatic rings. The summed E-state index contributed by atoms with van der Waals surface area (Å²) in [6.07, 6.45) is 1.76. The normalized spacial score (nSPS) is 11.9. The molecule has 0 atom stereocenters. The molecule has 0 N–H and O–H groups in total. The van der Waals surface area contributed by atoms with Crippen LogP contribution in [0.2, 0.25) is 0 Å². The molecule has 2 rings (SSSR count). The Morgan fingerprint density at radius 3 is 2.53 bits per heavy atom. The molecule has 19 heavy (non-hydrogen) atoms. The number of alkyl halides is 2. The lowest BCUT2D eigenvalue weighted by Crippen LogP contribution is -2.27. The van der Waals surface area contributed by atoms with Crippen LogP contribution in [0.1, 0.15) is 5.56 Å². The molecule has 0 aliphatic carbocycles. The fraction of sp³-hybridized carbons (Fsp3) is 0.133. The maximum absolute atomic E-state index is 13.3. The average Bonchev–Trinajstić information content (AvgIpc) is 2.44. The van der Waals surface area contributed by atoms with Crippen LogP contribution in [-0.2, 0) is 9.53 Å². The molecule has 2 aromatic carbocycles. The predicted octanol–water partition coefficient (Wildman–Crippen LogP) is 3.66. The van der Waals surface area contributed by atoms with Crippen molar-refractivity contribution < 1.29 is 18.3 Å². The Hall–Kier alpha value is -2.23. The Labute approximate surface area is 109 Å².